The zero-order chi connectivity index (χ0) is 15.3. The molecule has 1 heterocycles. The number of aromatic nitrogens is 1. The molecule has 0 fully saturated rings. The summed E-state index contributed by atoms with van der Waals surface area (Å²) in [6.45, 7) is 0.0247. The predicted molar refractivity (Wildman–Crippen MR) is 72.9 cm³/mol. The van der Waals surface area contributed by atoms with Crippen LogP contribution >= 0.6 is 0 Å². The molecule has 1 aromatic carbocycles. The van der Waals surface area contributed by atoms with Gasteiger partial charge in [-0.25, -0.2) is 17.5 Å². The number of sulfonamides is 1. The van der Waals surface area contributed by atoms with Gasteiger partial charge in [-0.15, -0.1) is 0 Å². The van der Waals surface area contributed by atoms with Crippen molar-refractivity contribution in [3.05, 3.63) is 47.6 Å². The molecular weight excluding hydrogens is 297 g/mol. The quantitative estimate of drug-likeness (QED) is 0.806. The van der Waals surface area contributed by atoms with Crippen LogP contribution in [0, 0.1) is 17.7 Å². The normalized spacial score (nSPS) is 11.0. The number of nitrogens with one attached hydrogen (secondary N) is 1. The van der Waals surface area contributed by atoms with E-state index in [1.165, 1.54) is 18.3 Å². The highest BCUT2D eigenvalue weighted by Gasteiger charge is 2.19. The standard InChI is InChI=1S/C13H12FN3O3S/c14-12-8-10(2-1-6-15)3-4-13(12)21(18,19)17-9-11-5-7-16-20-11/h3-5,7-8,17H,6,9,15H2. The summed E-state index contributed by atoms with van der Waals surface area (Å²) in [7, 11) is -3.99. The number of hydrogen-bond donors (Lipinski definition) is 2. The molecule has 0 aliphatic rings. The molecule has 0 aliphatic heterocycles. The second-order valence-electron chi connectivity index (χ2n) is 3.95. The maximum atomic E-state index is 13.9. The van der Waals surface area contributed by atoms with Crippen molar-refractivity contribution < 1.29 is 17.3 Å². The summed E-state index contributed by atoms with van der Waals surface area (Å²) in [6, 6.07) is 5.11. The molecule has 2 rings (SSSR count). The largest absolute Gasteiger partial charge is 0.360 e. The van der Waals surface area contributed by atoms with Gasteiger partial charge in [0.2, 0.25) is 10.0 Å². The molecule has 0 aliphatic carbocycles. The van der Waals surface area contributed by atoms with Gasteiger partial charge in [0, 0.05) is 11.6 Å². The number of benzene rings is 1. The maximum Gasteiger partial charge on any atom is 0.243 e. The lowest BCUT2D eigenvalue weighted by molar-refractivity contribution is 0.380. The van der Waals surface area contributed by atoms with Gasteiger partial charge in [-0.3, -0.25) is 0 Å². The third kappa shape index (κ3) is 3.88. The summed E-state index contributed by atoms with van der Waals surface area (Å²) in [5.74, 6) is 4.62. The van der Waals surface area contributed by atoms with E-state index in [9.17, 15) is 12.8 Å². The number of hydrogen-bond acceptors (Lipinski definition) is 5. The summed E-state index contributed by atoms with van der Waals surface area (Å²) in [5.41, 5.74) is 5.57. The van der Waals surface area contributed by atoms with Gasteiger partial charge in [0.1, 0.15) is 10.7 Å². The van der Waals surface area contributed by atoms with E-state index >= 15 is 0 Å². The summed E-state index contributed by atoms with van der Waals surface area (Å²) >= 11 is 0. The molecule has 0 unspecified atom stereocenters. The Hall–Kier alpha value is -2.21. The minimum Gasteiger partial charge on any atom is -0.360 e. The lowest BCUT2D eigenvalue weighted by atomic mass is 10.2. The minimum absolute atomic E-state index is 0.115. The Morgan fingerprint density at radius 2 is 2.19 bits per heavy atom. The van der Waals surface area contributed by atoms with Crippen molar-refractivity contribution in [1.82, 2.24) is 9.88 Å². The molecule has 0 radical (unpaired) electrons. The second kappa shape index (κ2) is 6.49. The van der Waals surface area contributed by atoms with Gasteiger partial charge in [-0.1, -0.05) is 17.0 Å². The number of nitrogens with zero attached hydrogens (tertiary/aromatic N) is 1. The third-order valence-electron chi connectivity index (χ3n) is 2.48. The van der Waals surface area contributed by atoms with Crippen LogP contribution in [0.2, 0.25) is 0 Å². The van der Waals surface area contributed by atoms with Crippen LogP contribution in [0.3, 0.4) is 0 Å². The molecule has 0 amide bonds. The van der Waals surface area contributed by atoms with Gasteiger partial charge in [0.05, 0.1) is 19.3 Å². The van der Waals surface area contributed by atoms with Crippen LogP contribution in [0.1, 0.15) is 11.3 Å². The van der Waals surface area contributed by atoms with Crippen LogP contribution in [0.25, 0.3) is 0 Å². The Kier molecular flexibility index (Phi) is 4.70. The minimum atomic E-state index is -3.99. The molecule has 110 valence electrons. The molecule has 0 saturated heterocycles. The van der Waals surface area contributed by atoms with Crippen molar-refractivity contribution in [3.63, 3.8) is 0 Å². The predicted octanol–water partition coefficient (Wildman–Crippen LogP) is 0.602. The first kappa shape index (κ1) is 15.2. The van der Waals surface area contributed by atoms with Gasteiger partial charge in [-0.05, 0) is 18.2 Å². The van der Waals surface area contributed by atoms with Gasteiger partial charge < -0.3 is 10.3 Å². The first-order chi connectivity index (χ1) is 10.0. The molecule has 0 bridgehead atoms. The molecule has 8 heteroatoms. The van der Waals surface area contributed by atoms with Crippen molar-refractivity contribution in [3.8, 4) is 11.8 Å². The molecule has 1 aromatic heterocycles. The van der Waals surface area contributed by atoms with Crippen molar-refractivity contribution in [1.29, 1.82) is 0 Å². The van der Waals surface area contributed by atoms with Crippen LogP contribution in [-0.4, -0.2) is 20.1 Å². The summed E-state index contributed by atoms with van der Waals surface area (Å²) < 4.78 is 44.9. The van der Waals surface area contributed by atoms with E-state index in [-0.39, 0.29) is 13.1 Å². The highest BCUT2D eigenvalue weighted by Crippen LogP contribution is 2.16. The Morgan fingerprint density at radius 1 is 1.38 bits per heavy atom. The summed E-state index contributed by atoms with van der Waals surface area (Å²) in [6.07, 6.45) is 1.38. The van der Waals surface area contributed by atoms with Crippen LogP contribution < -0.4 is 10.5 Å². The summed E-state index contributed by atoms with van der Waals surface area (Å²) in [5, 5.41) is 3.44. The van der Waals surface area contributed by atoms with Gasteiger partial charge in [0.15, 0.2) is 5.76 Å². The molecule has 0 spiro atoms. The second-order valence-corrected chi connectivity index (χ2v) is 5.69. The Bertz CT molecular complexity index is 777. The van der Waals surface area contributed by atoms with Gasteiger partial charge in [-0.2, -0.15) is 0 Å². The van der Waals surface area contributed by atoms with Gasteiger partial charge >= 0.3 is 0 Å². The average molecular weight is 309 g/mol. The van der Waals surface area contributed by atoms with E-state index in [1.807, 2.05) is 0 Å². The van der Waals surface area contributed by atoms with E-state index in [2.05, 4.69) is 21.7 Å². The van der Waals surface area contributed by atoms with E-state index in [0.717, 1.165) is 12.1 Å². The van der Waals surface area contributed by atoms with E-state index in [1.54, 1.807) is 0 Å². The molecule has 0 atom stereocenters. The lowest BCUT2D eigenvalue weighted by Crippen LogP contribution is -2.24. The van der Waals surface area contributed by atoms with Gasteiger partial charge in [0.25, 0.3) is 0 Å². The van der Waals surface area contributed by atoms with Crippen LogP contribution in [0.5, 0.6) is 0 Å². The smallest absolute Gasteiger partial charge is 0.243 e. The SMILES string of the molecule is NCC#Cc1ccc(S(=O)(=O)NCc2ccno2)c(F)c1. The monoisotopic (exact) mass is 309 g/mol. The number of rotatable bonds is 4. The number of halogens is 1. The Balaban J connectivity index is 2.19. The fourth-order valence-corrected chi connectivity index (χ4v) is 2.58. The highest BCUT2D eigenvalue weighted by atomic mass is 32.2. The van der Waals surface area contributed by atoms with Crippen LogP contribution in [-0.2, 0) is 16.6 Å². The van der Waals surface area contributed by atoms with E-state index < -0.39 is 20.7 Å². The fourth-order valence-electron chi connectivity index (χ4n) is 1.53. The Morgan fingerprint density at radius 3 is 2.81 bits per heavy atom. The van der Waals surface area contributed by atoms with Crippen LogP contribution in [0.15, 0.2) is 39.9 Å². The highest BCUT2D eigenvalue weighted by molar-refractivity contribution is 7.89. The summed E-state index contributed by atoms with van der Waals surface area (Å²) in [4.78, 5) is -0.458. The zero-order valence-electron chi connectivity index (χ0n) is 10.8. The van der Waals surface area contributed by atoms with Crippen molar-refractivity contribution in [2.75, 3.05) is 6.54 Å². The molecule has 0 saturated carbocycles. The first-order valence-electron chi connectivity index (χ1n) is 5.90. The van der Waals surface area contributed by atoms with Crippen molar-refractivity contribution >= 4 is 10.0 Å². The van der Waals surface area contributed by atoms with Crippen molar-refractivity contribution in [2.24, 2.45) is 5.73 Å². The molecule has 6 nitrogen and oxygen atoms in total. The van der Waals surface area contributed by atoms with E-state index in [0.29, 0.717) is 11.3 Å². The van der Waals surface area contributed by atoms with E-state index in [4.69, 9.17) is 10.3 Å². The molecular formula is C13H12FN3O3S. The first-order valence-corrected chi connectivity index (χ1v) is 7.39. The third-order valence-corrected chi connectivity index (χ3v) is 3.92. The lowest BCUT2D eigenvalue weighted by Gasteiger charge is -2.06. The fraction of sp³-hybridized carbons (Fsp3) is 0.154. The molecule has 2 aromatic rings. The average Bonchev–Trinajstić information content (AvgIpc) is 2.96. The Labute approximate surface area is 121 Å². The maximum absolute atomic E-state index is 13.9. The van der Waals surface area contributed by atoms with Crippen LogP contribution in [0.4, 0.5) is 4.39 Å². The topological polar surface area (TPSA) is 98.2 Å². The molecule has 21 heavy (non-hydrogen) atoms. The van der Waals surface area contributed by atoms with Crippen molar-refractivity contribution in [2.45, 2.75) is 11.4 Å². The zero-order valence-corrected chi connectivity index (χ0v) is 11.7. The molecule has 3 N–H and O–H groups in total. The number of nitrogens with two attached hydrogens (primary N) is 1.